The van der Waals surface area contributed by atoms with Gasteiger partial charge >= 0.3 is 5.97 Å². The van der Waals surface area contributed by atoms with E-state index in [-0.39, 0.29) is 5.92 Å². The number of carbonyl (C=O) groups is 1. The molecule has 3 nitrogen and oxygen atoms in total. The Morgan fingerprint density at radius 3 is 2.72 bits per heavy atom. The van der Waals surface area contributed by atoms with Crippen LogP contribution in [-0.2, 0) is 4.79 Å². The molecule has 0 radical (unpaired) electrons. The van der Waals surface area contributed by atoms with Crippen molar-refractivity contribution in [3.8, 4) is 0 Å². The zero-order chi connectivity index (χ0) is 13.4. The number of aliphatic carboxylic acids is 1. The van der Waals surface area contributed by atoms with E-state index in [1.165, 1.54) is 0 Å². The van der Waals surface area contributed by atoms with Gasteiger partial charge in [0.2, 0.25) is 0 Å². The van der Waals surface area contributed by atoms with Gasteiger partial charge in [0.05, 0.1) is 15.8 Å². The van der Waals surface area contributed by atoms with Crippen LogP contribution < -0.4 is 0 Å². The number of rotatable bonds is 3. The van der Waals surface area contributed by atoms with Crippen LogP contribution in [0.2, 0.25) is 0 Å². The number of carboxylic acid groups (broad SMARTS) is 1. The van der Waals surface area contributed by atoms with Crippen molar-refractivity contribution in [3.63, 3.8) is 0 Å². The Morgan fingerprint density at radius 1 is 1.56 bits per heavy atom. The van der Waals surface area contributed by atoms with Crippen molar-refractivity contribution >= 4 is 33.2 Å². The van der Waals surface area contributed by atoms with Gasteiger partial charge < -0.3 is 10.2 Å². The highest BCUT2D eigenvalue weighted by atomic mass is 79.9. The predicted octanol–water partition coefficient (Wildman–Crippen LogP) is 3.60. The third-order valence-electron chi connectivity index (χ3n) is 3.82. The van der Waals surface area contributed by atoms with E-state index in [1.54, 1.807) is 11.3 Å². The summed E-state index contributed by atoms with van der Waals surface area (Å²) in [6.07, 6.45) is 0.783. The molecule has 4 atom stereocenters. The zero-order valence-corrected chi connectivity index (χ0v) is 12.8. The van der Waals surface area contributed by atoms with Crippen LogP contribution in [0, 0.1) is 24.7 Å². The van der Waals surface area contributed by atoms with E-state index in [4.69, 9.17) is 0 Å². The normalized spacial score (nSPS) is 29.4. The number of hydrogen-bond acceptors (Lipinski definition) is 3. The standard InChI is InChI=1S/C13H17BrO3S/c1-6-3-9(10(4-6)13(16)17)12(15)8-5-11(14)18-7(8)2/h5-6,9-10,12,15H,3-4H2,1-2H3,(H,16,17). The molecule has 0 aliphatic heterocycles. The molecule has 4 unspecified atom stereocenters. The summed E-state index contributed by atoms with van der Waals surface area (Å²) < 4.78 is 0.979. The van der Waals surface area contributed by atoms with Crippen LogP contribution in [0.15, 0.2) is 9.85 Å². The Balaban J connectivity index is 2.24. The number of aliphatic hydroxyl groups is 1. The number of carboxylic acids is 1. The Kier molecular flexibility index (Phi) is 4.14. The molecule has 1 heterocycles. The number of aryl methyl sites for hydroxylation is 1. The average molecular weight is 333 g/mol. The minimum atomic E-state index is -0.782. The van der Waals surface area contributed by atoms with E-state index < -0.39 is 18.0 Å². The first-order valence-electron chi connectivity index (χ1n) is 6.06. The van der Waals surface area contributed by atoms with Crippen LogP contribution in [0.25, 0.3) is 0 Å². The minimum Gasteiger partial charge on any atom is -0.481 e. The Labute approximate surface area is 119 Å². The van der Waals surface area contributed by atoms with Gasteiger partial charge in [-0.15, -0.1) is 11.3 Å². The molecule has 1 aliphatic carbocycles. The first-order chi connectivity index (χ1) is 8.40. The van der Waals surface area contributed by atoms with Gasteiger partial charge in [0, 0.05) is 10.8 Å². The average Bonchev–Trinajstić information content (AvgIpc) is 2.81. The summed E-state index contributed by atoms with van der Waals surface area (Å²) in [5, 5.41) is 19.7. The first-order valence-corrected chi connectivity index (χ1v) is 7.67. The molecule has 1 fully saturated rings. The maximum absolute atomic E-state index is 11.3. The molecule has 1 aromatic rings. The third kappa shape index (κ3) is 2.63. The molecule has 1 aliphatic rings. The van der Waals surface area contributed by atoms with Gasteiger partial charge in [0.1, 0.15) is 0 Å². The van der Waals surface area contributed by atoms with Crippen molar-refractivity contribution in [3.05, 3.63) is 20.3 Å². The van der Waals surface area contributed by atoms with Crippen LogP contribution in [0.3, 0.4) is 0 Å². The lowest BCUT2D eigenvalue weighted by Gasteiger charge is -2.22. The summed E-state index contributed by atoms with van der Waals surface area (Å²) in [6, 6.07) is 1.91. The highest BCUT2D eigenvalue weighted by molar-refractivity contribution is 9.11. The van der Waals surface area contributed by atoms with Crippen molar-refractivity contribution in [1.29, 1.82) is 0 Å². The van der Waals surface area contributed by atoms with E-state index in [2.05, 4.69) is 22.9 Å². The first kappa shape index (κ1) is 14.0. The minimum absolute atomic E-state index is 0.169. The number of halogens is 1. The fourth-order valence-electron chi connectivity index (χ4n) is 2.95. The van der Waals surface area contributed by atoms with Gasteiger partial charge in [0.15, 0.2) is 0 Å². The van der Waals surface area contributed by atoms with Gasteiger partial charge in [0.25, 0.3) is 0 Å². The second kappa shape index (κ2) is 5.31. The molecular weight excluding hydrogens is 316 g/mol. The molecule has 18 heavy (non-hydrogen) atoms. The summed E-state index contributed by atoms with van der Waals surface area (Å²) in [4.78, 5) is 12.3. The summed E-state index contributed by atoms with van der Waals surface area (Å²) in [5.74, 6) is -1.01. The van der Waals surface area contributed by atoms with E-state index >= 15 is 0 Å². The van der Waals surface area contributed by atoms with Gasteiger partial charge in [-0.25, -0.2) is 0 Å². The number of hydrogen-bond donors (Lipinski definition) is 2. The lowest BCUT2D eigenvalue weighted by molar-refractivity contribution is -0.144. The molecule has 0 aromatic carbocycles. The molecule has 1 saturated carbocycles. The quantitative estimate of drug-likeness (QED) is 0.889. The lowest BCUT2D eigenvalue weighted by Crippen LogP contribution is -2.23. The molecule has 2 N–H and O–H groups in total. The molecule has 0 bridgehead atoms. The maximum atomic E-state index is 11.3. The molecule has 2 rings (SSSR count). The van der Waals surface area contributed by atoms with E-state index in [0.717, 1.165) is 20.6 Å². The lowest BCUT2D eigenvalue weighted by atomic mass is 9.87. The SMILES string of the molecule is Cc1sc(Br)cc1C(O)C1CC(C)CC1C(=O)O. The van der Waals surface area contributed by atoms with Crippen LogP contribution in [-0.4, -0.2) is 16.2 Å². The fourth-order valence-corrected chi connectivity index (χ4v) is 4.70. The van der Waals surface area contributed by atoms with Gasteiger partial charge in [-0.2, -0.15) is 0 Å². The van der Waals surface area contributed by atoms with Gasteiger partial charge in [-0.05, 0) is 53.2 Å². The van der Waals surface area contributed by atoms with Crippen LogP contribution >= 0.6 is 27.3 Å². The summed E-state index contributed by atoms with van der Waals surface area (Å²) in [6.45, 7) is 4.02. The molecule has 0 amide bonds. The predicted molar refractivity (Wildman–Crippen MR) is 74.7 cm³/mol. The Morgan fingerprint density at radius 2 is 2.22 bits per heavy atom. The second-order valence-electron chi connectivity index (χ2n) is 5.19. The summed E-state index contributed by atoms with van der Waals surface area (Å²) >= 11 is 4.98. The van der Waals surface area contributed by atoms with Crippen LogP contribution in [0.1, 0.15) is 36.3 Å². The van der Waals surface area contributed by atoms with E-state index in [0.29, 0.717) is 12.3 Å². The van der Waals surface area contributed by atoms with Crippen molar-refractivity contribution < 1.29 is 15.0 Å². The van der Waals surface area contributed by atoms with Crippen molar-refractivity contribution in [2.24, 2.45) is 17.8 Å². The van der Waals surface area contributed by atoms with E-state index in [1.807, 2.05) is 13.0 Å². The Bertz CT molecular complexity index is 457. The largest absolute Gasteiger partial charge is 0.481 e. The van der Waals surface area contributed by atoms with Crippen molar-refractivity contribution in [1.82, 2.24) is 0 Å². The third-order valence-corrected chi connectivity index (χ3v) is 5.38. The topological polar surface area (TPSA) is 57.5 Å². The molecule has 0 spiro atoms. The maximum Gasteiger partial charge on any atom is 0.306 e. The zero-order valence-electron chi connectivity index (χ0n) is 10.4. The highest BCUT2D eigenvalue weighted by Gasteiger charge is 2.41. The van der Waals surface area contributed by atoms with Crippen LogP contribution in [0.5, 0.6) is 0 Å². The number of aliphatic hydroxyl groups excluding tert-OH is 1. The summed E-state index contributed by atoms with van der Waals surface area (Å²) in [5.41, 5.74) is 0.872. The van der Waals surface area contributed by atoms with Gasteiger partial charge in [-0.1, -0.05) is 6.92 Å². The second-order valence-corrected chi connectivity index (χ2v) is 7.83. The number of thiophene rings is 1. The Hall–Kier alpha value is -0.390. The van der Waals surface area contributed by atoms with Gasteiger partial charge in [-0.3, -0.25) is 4.79 Å². The smallest absolute Gasteiger partial charge is 0.306 e. The highest BCUT2D eigenvalue weighted by Crippen LogP contribution is 2.45. The van der Waals surface area contributed by atoms with E-state index in [9.17, 15) is 15.0 Å². The van der Waals surface area contributed by atoms with Crippen LogP contribution in [0.4, 0.5) is 0 Å². The molecule has 5 heteroatoms. The molecule has 1 aromatic heterocycles. The summed E-state index contributed by atoms with van der Waals surface area (Å²) in [7, 11) is 0. The molecule has 0 saturated heterocycles. The van der Waals surface area contributed by atoms with Crippen molar-refractivity contribution in [2.75, 3.05) is 0 Å². The molecule has 100 valence electrons. The monoisotopic (exact) mass is 332 g/mol. The van der Waals surface area contributed by atoms with Crippen molar-refractivity contribution in [2.45, 2.75) is 32.8 Å². The fraction of sp³-hybridized carbons (Fsp3) is 0.615. The molecular formula is C13H17BrO3S.